The van der Waals surface area contributed by atoms with Crippen LogP contribution >= 0.6 is 11.3 Å². The van der Waals surface area contributed by atoms with Gasteiger partial charge < -0.3 is 10.1 Å². The molecule has 16 heavy (non-hydrogen) atoms. The van der Waals surface area contributed by atoms with E-state index in [0.717, 1.165) is 32.1 Å². The number of nitrogens with zero attached hydrogens (tertiary/aromatic N) is 1. The van der Waals surface area contributed by atoms with Gasteiger partial charge in [-0.05, 0) is 26.8 Å². The highest BCUT2D eigenvalue weighted by atomic mass is 32.1. The summed E-state index contributed by atoms with van der Waals surface area (Å²) in [6.45, 7) is 4.58. The minimum absolute atomic E-state index is 0.750. The van der Waals surface area contributed by atoms with Crippen molar-refractivity contribution in [3.8, 4) is 0 Å². The first-order chi connectivity index (χ1) is 7.85. The summed E-state index contributed by atoms with van der Waals surface area (Å²) in [7, 11) is 2.00. The lowest BCUT2D eigenvalue weighted by molar-refractivity contribution is 0.151. The van der Waals surface area contributed by atoms with Gasteiger partial charge in [0.2, 0.25) is 0 Å². The van der Waals surface area contributed by atoms with Gasteiger partial charge in [0.25, 0.3) is 0 Å². The fourth-order valence-electron chi connectivity index (χ4n) is 1.79. The van der Waals surface area contributed by atoms with E-state index in [9.17, 15) is 0 Å². The lowest BCUT2D eigenvalue weighted by atomic mass is 10.2. The van der Waals surface area contributed by atoms with Gasteiger partial charge in [-0.2, -0.15) is 0 Å². The summed E-state index contributed by atoms with van der Waals surface area (Å²) in [5.74, 6) is 0.750. The SMILES string of the molecule is CCOCCc1nc(C2CC2)c(CNC)s1. The van der Waals surface area contributed by atoms with E-state index in [4.69, 9.17) is 9.72 Å². The average molecular weight is 240 g/mol. The summed E-state index contributed by atoms with van der Waals surface area (Å²) in [5.41, 5.74) is 1.35. The second-order valence-corrected chi connectivity index (χ2v) is 5.34. The Labute approximate surface area is 101 Å². The molecule has 1 aliphatic carbocycles. The molecule has 3 nitrogen and oxygen atoms in total. The Balaban J connectivity index is 1.99. The molecule has 1 aliphatic rings. The fraction of sp³-hybridized carbons (Fsp3) is 0.750. The number of thiazole rings is 1. The zero-order valence-electron chi connectivity index (χ0n) is 10.1. The molecular formula is C12H20N2OS. The molecule has 0 unspecified atom stereocenters. The number of nitrogens with one attached hydrogen (secondary N) is 1. The van der Waals surface area contributed by atoms with E-state index in [0.29, 0.717) is 0 Å². The first-order valence-corrected chi connectivity index (χ1v) is 6.87. The van der Waals surface area contributed by atoms with Crippen molar-refractivity contribution in [2.75, 3.05) is 20.3 Å². The zero-order chi connectivity index (χ0) is 11.4. The molecule has 1 aromatic heterocycles. The van der Waals surface area contributed by atoms with Gasteiger partial charge in [-0.25, -0.2) is 4.98 Å². The van der Waals surface area contributed by atoms with Gasteiger partial charge in [0, 0.05) is 30.4 Å². The van der Waals surface area contributed by atoms with E-state index >= 15 is 0 Å². The maximum absolute atomic E-state index is 5.37. The Morgan fingerprint density at radius 1 is 1.50 bits per heavy atom. The van der Waals surface area contributed by atoms with E-state index in [1.807, 2.05) is 25.3 Å². The Morgan fingerprint density at radius 3 is 2.94 bits per heavy atom. The lowest BCUT2D eigenvalue weighted by Crippen LogP contribution is -2.05. The quantitative estimate of drug-likeness (QED) is 0.743. The topological polar surface area (TPSA) is 34.1 Å². The summed E-state index contributed by atoms with van der Waals surface area (Å²) >= 11 is 1.85. The molecule has 0 spiro atoms. The van der Waals surface area contributed by atoms with Crippen LogP contribution in [0.2, 0.25) is 0 Å². The number of hydrogen-bond donors (Lipinski definition) is 1. The summed E-state index contributed by atoms with van der Waals surface area (Å²) in [6, 6.07) is 0. The van der Waals surface area contributed by atoms with Gasteiger partial charge in [0.1, 0.15) is 0 Å². The third-order valence-electron chi connectivity index (χ3n) is 2.74. The molecule has 90 valence electrons. The van der Waals surface area contributed by atoms with Crippen LogP contribution in [-0.4, -0.2) is 25.2 Å². The van der Waals surface area contributed by atoms with Crippen molar-refractivity contribution in [1.82, 2.24) is 10.3 Å². The summed E-state index contributed by atoms with van der Waals surface area (Å²) in [6.07, 6.45) is 3.61. The summed E-state index contributed by atoms with van der Waals surface area (Å²) in [4.78, 5) is 6.19. The van der Waals surface area contributed by atoms with Crippen LogP contribution in [-0.2, 0) is 17.7 Å². The molecule has 0 atom stereocenters. The average Bonchev–Trinajstić information content (AvgIpc) is 3.04. The molecule has 0 aromatic carbocycles. The molecule has 1 heterocycles. The van der Waals surface area contributed by atoms with Gasteiger partial charge in [-0.1, -0.05) is 0 Å². The number of rotatable bonds is 7. The van der Waals surface area contributed by atoms with E-state index in [2.05, 4.69) is 5.32 Å². The molecule has 2 rings (SSSR count). The van der Waals surface area contributed by atoms with Crippen LogP contribution < -0.4 is 5.32 Å². The van der Waals surface area contributed by atoms with Gasteiger partial charge in [-0.15, -0.1) is 11.3 Å². The first-order valence-electron chi connectivity index (χ1n) is 6.06. The van der Waals surface area contributed by atoms with Gasteiger partial charge >= 0.3 is 0 Å². The van der Waals surface area contributed by atoms with Gasteiger partial charge in [0.05, 0.1) is 17.3 Å². The molecule has 1 N–H and O–H groups in total. The van der Waals surface area contributed by atoms with E-state index < -0.39 is 0 Å². The van der Waals surface area contributed by atoms with Crippen molar-refractivity contribution < 1.29 is 4.74 Å². The van der Waals surface area contributed by atoms with Crippen LogP contribution in [0, 0.1) is 0 Å². The minimum Gasteiger partial charge on any atom is -0.381 e. The Kier molecular flexibility index (Phi) is 4.32. The lowest BCUT2D eigenvalue weighted by Gasteiger charge is -1.97. The normalized spacial score (nSPS) is 15.6. The predicted molar refractivity (Wildman–Crippen MR) is 67.0 cm³/mol. The number of aromatic nitrogens is 1. The molecular weight excluding hydrogens is 220 g/mol. The second-order valence-electron chi connectivity index (χ2n) is 4.17. The largest absolute Gasteiger partial charge is 0.381 e. The molecule has 0 amide bonds. The first kappa shape index (κ1) is 12.0. The van der Waals surface area contributed by atoms with Crippen molar-refractivity contribution in [3.63, 3.8) is 0 Å². The van der Waals surface area contributed by atoms with Crippen molar-refractivity contribution in [1.29, 1.82) is 0 Å². The zero-order valence-corrected chi connectivity index (χ0v) is 10.9. The fourth-order valence-corrected chi connectivity index (χ4v) is 2.93. The highest BCUT2D eigenvalue weighted by Gasteiger charge is 2.29. The molecule has 1 saturated carbocycles. The van der Waals surface area contributed by atoms with Gasteiger partial charge in [0.15, 0.2) is 0 Å². The van der Waals surface area contributed by atoms with E-state index in [1.165, 1.54) is 28.4 Å². The van der Waals surface area contributed by atoms with Crippen LogP contribution in [0.4, 0.5) is 0 Å². The number of ether oxygens (including phenoxy) is 1. The third-order valence-corrected chi connectivity index (χ3v) is 3.87. The molecule has 1 fully saturated rings. The van der Waals surface area contributed by atoms with E-state index in [1.54, 1.807) is 0 Å². The van der Waals surface area contributed by atoms with Crippen LogP contribution in [0.25, 0.3) is 0 Å². The molecule has 0 aliphatic heterocycles. The molecule has 1 aromatic rings. The van der Waals surface area contributed by atoms with Crippen LogP contribution in [0.3, 0.4) is 0 Å². The Hall–Kier alpha value is -0.450. The monoisotopic (exact) mass is 240 g/mol. The molecule has 4 heteroatoms. The third kappa shape index (κ3) is 3.03. The minimum atomic E-state index is 0.750. The standard InChI is InChI=1S/C12H20N2OS/c1-3-15-7-6-11-14-12(9-4-5-9)10(16-11)8-13-2/h9,13H,3-8H2,1-2H3. The van der Waals surface area contributed by atoms with Crippen molar-refractivity contribution >= 4 is 11.3 Å². The van der Waals surface area contributed by atoms with Crippen molar-refractivity contribution in [2.45, 2.75) is 38.6 Å². The van der Waals surface area contributed by atoms with Crippen molar-refractivity contribution in [2.24, 2.45) is 0 Å². The van der Waals surface area contributed by atoms with Crippen LogP contribution in [0.1, 0.15) is 41.3 Å². The summed E-state index contributed by atoms with van der Waals surface area (Å²) < 4.78 is 5.37. The van der Waals surface area contributed by atoms with Crippen LogP contribution in [0.5, 0.6) is 0 Å². The Morgan fingerprint density at radius 2 is 2.31 bits per heavy atom. The Bertz CT molecular complexity index is 334. The van der Waals surface area contributed by atoms with Gasteiger partial charge in [-0.3, -0.25) is 0 Å². The van der Waals surface area contributed by atoms with Crippen LogP contribution in [0.15, 0.2) is 0 Å². The maximum atomic E-state index is 5.37. The van der Waals surface area contributed by atoms with E-state index in [-0.39, 0.29) is 0 Å². The van der Waals surface area contributed by atoms with Crippen molar-refractivity contribution in [3.05, 3.63) is 15.6 Å². The molecule has 0 saturated heterocycles. The molecule has 0 bridgehead atoms. The second kappa shape index (κ2) is 5.75. The highest BCUT2D eigenvalue weighted by molar-refractivity contribution is 7.11. The predicted octanol–water partition coefficient (Wildman–Crippen LogP) is 2.32. The number of hydrogen-bond acceptors (Lipinski definition) is 4. The summed E-state index contributed by atoms with van der Waals surface area (Å²) in [5, 5.41) is 4.46. The smallest absolute Gasteiger partial charge is 0.0954 e. The molecule has 0 radical (unpaired) electrons. The highest BCUT2D eigenvalue weighted by Crippen LogP contribution is 2.42. The maximum Gasteiger partial charge on any atom is 0.0954 e.